The topological polar surface area (TPSA) is 37.3 Å². The third-order valence-electron chi connectivity index (χ3n) is 1.96. The molecule has 1 atom stereocenters. The van der Waals surface area contributed by atoms with Crippen LogP contribution in [0, 0.1) is 5.82 Å². The van der Waals surface area contributed by atoms with Gasteiger partial charge in [0.15, 0.2) is 0 Å². The van der Waals surface area contributed by atoms with Crippen LogP contribution in [0.4, 0.5) is 4.39 Å². The maximum Gasteiger partial charge on any atom is 0.304 e. The van der Waals surface area contributed by atoms with Crippen LogP contribution in [-0.2, 0) is 4.79 Å². The molecule has 0 heterocycles. The molecule has 1 rings (SSSR count). The van der Waals surface area contributed by atoms with Gasteiger partial charge in [-0.2, -0.15) is 0 Å². The Morgan fingerprint density at radius 2 is 2.36 bits per heavy atom. The van der Waals surface area contributed by atoms with Crippen molar-refractivity contribution in [3.05, 3.63) is 48.3 Å². The Morgan fingerprint density at radius 1 is 1.64 bits per heavy atom. The maximum atomic E-state index is 12.8. The third kappa shape index (κ3) is 2.69. The second-order valence-electron chi connectivity index (χ2n) is 3.00. The van der Waals surface area contributed by atoms with E-state index < -0.39 is 5.97 Å². The fraction of sp³-hybridized carbons (Fsp3) is 0.182. The van der Waals surface area contributed by atoms with Gasteiger partial charge >= 0.3 is 5.97 Å². The van der Waals surface area contributed by atoms with Gasteiger partial charge in [0.2, 0.25) is 0 Å². The first-order valence-electron chi connectivity index (χ1n) is 4.23. The van der Waals surface area contributed by atoms with Gasteiger partial charge in [0.05, 0.1) is 6.42 Å². The van der Waals surface area contributed by atoms with Gasteiger partial charge in [-0.15, -0.1) is 6.58 Å². The second-order valence-corrected chi connectivity index (χ2v) is 3.00. The standard InChI is InChI=1S/C11H11FO2/c1-2-8(7-11(13)14)9-4-3-5-10(12)6-9/h2-6,8H,1,7H2,(H,13,14)/t8-/m1/s1. The molecule has 1 aromatic rings. The van der Waals surface area contributed by atoms with E-state index >= 15 is 0 Å². The maximum absolute atomic E-state index is 12.8. The predicted molar refractivity (Wildman–Crippen MR) is 51.6 cm³/mol. The molecule has 3 heteroatoms. The lowest BCUT2D eigenvalue weighted by Gasteiger charge is -2.09. The number of benzene rings is 1. The van der Waals surface area contributed by atoms with Gasteiger partial charge in [-0.1, -0.05) is 18.2 Å². The summed E-state index contributed by atoms with van der Waals surface area (Å²) in [5.74, 6) is -1.61. The number of aliphatic carboxylic acids is 1. The number of carboxylic acid groups (broad SMARTS) is 1. The average molecular weight is 194 g/mol. The Balaban J connectivity index is 2.89. The summed E-state index contributed by atoms with van der Waals surface area (Å²) >= 11 is 0. The first kappa shape index (κ1) is 10.4. The number of hydrogen-bond acceptors (Lipinski definition) is 1. The van der Waals surface area contributed by atoms with E-state index in [1.54, 1.807) is 12.1 Å². The molecule has 0 bridgehead atoms. The number of hydrogen-bond donors (Lipinski definition) is 1. The molecule has 0 saturated carbocycles. The highest BCUT2D eigenvalue weighted by molar-refractivity contribution is 5.68. The number of carbonyl (C=O) groups is 1. The minimum Gasteiger partial charge on any atom is -0.481 e. The quantitative estimate of drug-likeness (QED) is 0.748. The third-order valence-corrected chi connectivity index (χ3v) is 1.96. The van der Waals surface area contributed by atoms with Crippen molar-refractivity contribution in [2.45, 2.75) is 12.3 Å². The van der Waals surface area contributed by atoms with Crippen molar-refractivity contribution in [1.29, 1.82) is 0 Å². The monoisotopic (exact) mass is 194 g/mol. The Hall–Kier alpha value is -1.64. The lowest BCUT2D eigenvalue weighted by Crippen LogP contribution is -2.03. The molecule has 0 aliphatic carbocycles. The summed E-state index contributed by atoms with van der Waals surface area (Å²) in [5, 5.41) is 8.60. The van der Waals surface area contributed by atoms with Crippen molar-refractivity contribution in [3.8, 4) is 0 Å². The van der Waals surface area contributed by atoms with Crippen LogP contribution >= 0.6 is 0 Å². The molecule has 0 radical (unpaired) electrons. The van der Waals surface area contributed by atoms with Crippen LogP contribution in [0.15, 0.2) is 36.9 Å². The summed E-state index contributed by atoms with van der Waals surface area (Å²) < 4.78 is 12.8. The lowest BCUT2D eigenvalue weighted by atomic mass is 9.96. The normalized spacial score (nSPS) is 12.1. The van der Waals surface area contributed by atoms with Gasteiger partial charge in [-0.3, -0.25) is 4.79 Å². The molecule has 14 heavy (non-hydrogen) atoms. The smallest absolute Gasteiger partial charge is 0.304 e. The van der Waals surface area contributed by atoms with E-state index in [4.69, 9.17) is 5.11 Å². The molecular formula is C11H11FO2. The van der Waals surface area contributed by atoms with Gasteiger partial charge < -0.3 is 5.11 Å². The zero-order valence-electron chi connectivity index (χ0n) is 7.61. The summed E-state index contributed by atoms with van der Waals surface area (Å²) in [5.41, 5.74) is 0.641. The molecule has 1 aromatic carbocycles. The van der Waals surface area contributed by atoms with Gasteiger partial charge in [-0.05, 0) is 17.7 Å². The SMILES string of the molecule is C=C[C@H](CC(=O)O)c1cccc(F)c1. The highest BCUT2D eigenvalue weighted by Crippen LogP contribution is 2.21. The van der Waals surface area contributed by atoms with E-state index in [1.165, 1.54) is 18.2 Å². The van der Waals surface area contributed by atoms with Crippen LogP contribution in [0.3, 0.4) is 0 Å². The van der Waals surface area contributed by atoms with E-state index in [-0.39, 0.29) is 18.2 Å². The Kier molecular flexibility index (Phi) is 3.40. The summed E-state index contributed by atoms with van der Waals surface area (Å²) in [6, 6.07) is 5.90. The largest absolute Gasteiger partial charge is 0.481 e. The minimum absolute atomic E-state index is 0.0625. The van der Waals surface area contributed by atoms with Crippen molar-refractivity contribution in [2.75, 3.05) is 0 Å². The van der Waals surface area contributed by atoms with Crippen LogP contribution in [0.25, 0.3) is 0 Å². The summed E-state index contributed by atoms with van der Waals surface area (Å²) in [6.45, 7) is 3.53. The molecule has 74 valence electrons. The van der Waals surface area contributed by atoms with Crippen molar-refractivity contribution in [2.24, 2.45) is 0 Å². The Bertz CT molecular complexity index is 347. The molecular weight excluding hydrogens is 183 g/mol. The molecule has 0 fully saturated rings. The highest BCUT2D eigenvalue weighted by Gasteiger charge is 2.11. The van der Waals surface area contributed by atoms with Crippen molar-refractivity contribution in [1.82, 2.24) is 0 Å². The van der Waals surface area contributed by atoms with Crippen molar-refractivity contribution >= 4 is 5.97 Å². The fourth-order valence-corrected chi connectivity index (χ4v) is 1.26. The van der Waals surface area contributed by atoms with Gasteiger partial charge in [0.25, 0.3) is 0 Å². The van der Waals surface area contributed by atoms with Crippen LogP contribution < -0.4 is 0 Å². The Labute approximate surface area is 81.7 Å². The van der Waals surface area contributed by atoms with Gasteiger partial charge in [0.1, 0.15) is 5.82 Å². The van der Waals surface area contributed by atoms with E-state index in [9.17, 15) is 9.18 Å². The molecule has 0 aliphatic heterocycles. The number of carboxylic acids is 1. The highest BCUT2D eigenvalue weighted by atomic mass is 19.1. The van der Waals surface area contributed by atoms with Crippen LogP contribution in [-0.4, -0.2) is 11.1 Å². The number of allylic oxidation sites excluding steroid dienone is 1. The van der Waals surface area contributed by atoms with E-state index in [0.29, 0.717) is 5.56 Å². The molecule has 1 N–H and O–H groups in total. The van der Waals surface area contributed by atoms with Crippen LogP contribution in [0.5, 0.6) is 0 Å². The zero-order chi connectivity index (χ0) is 10.6. The average Bonchev–Trinajstić information content (AvgIpc) is 2.14. The molecule has 0 spiro atoms. The van der Waals surface area contributed by atoms with Gasteiger partial charge in [-0.25, -0.2) is 4.39 Å². The summed E-state index contributed by atoms with van der Waals surface area (Å²) in [4.78, 5) is 10.5. The first-order chi connectivity index (χ1) is 6.63. The second kappa shape index (κ2) is 4.56. The van der Waals surface area contributed by atoms with E-state index in [0.717, 1.165) is 0 Å². The molecule has 0 unspecified atom stereocenters. The number of rotatable bonds is 4. The molecule has 0 aromatic heterocycles. The van der Waals surface area contributed by atoms with Crippen LogP contribution in [0.1, 0.15) is 17.9 Å². The van der Waals surface area contributed by atoms with Crippen molar-refractivity contribution < 1.29 is 14.3 Å². The Morgan fingerprint density at radius 3 is 2.86 bits per heavy atom. The molecule has 2 nitrogen and oxygen atoms in total. The fourth-order valence-electron chi connectivity index (χ4n) is 1.26. The van der Waals surface area contributed by atoms with Crippen molar-refractivity contribution in [3.63, 3.8) is 0 Å². The summed E-state index contributed by atoms with van der Waals surface area (Å²) in [7, 11) is 0. The van der Waals surface area contributed by atoms with Gasteiger partial charge in [0, 0.05) is 5.92 Å². The number of halogens is 1. The molecule has 0 aliphatic rings. The van der Waals surface area contributed by atoms with E-state index in [1.807, 2.05) is 0 Å². The lowest BCUT2D eigenvalue weighted by molar-refractivity contribution is -0.137. The predicted octanol–water partition coefficient (Wildman–Crippen LogP) is 2.57. The minimum atomic E-state index is -0.917. The first-order valence-corrected chi connectivity index (χ1v) is 4.23. The molecule has 0 amide bonds. The van der Waals surface area contributed by atoms with Crippen LogP contribution in [0.2, 0.25) is 0 Å². The molecule has 0 saturated heterocycles. The summed E-state index contributed by atoms with van der Waals surface area (Å²) in [6.07, 6.45) is 1.45. The van der Waals surface area contributed by atoms with E-state index in [2.05, 4.69) is 6.58 Å². The zero-order valence-corrected chi connectivity index (χ0v) is 7.61.